The standard InChI is InChI=1S/C22H24ClFN4O/c1-13-16(9-15-12-26-20(23)11-18(15)27-13)14-5-6-17(24)19(10-14)28-21(29)25-8-7-22(2,3)4/h5-6,9-12H,7-8H2,1-4H3,(H2,25,28,29). The van der Waals surface area contributed by atoms with Crippen LogP contribution in [0, 0.1) is 18.2 Å². The van der Waals surface area contributed by atoms with Crippen LogP contribution in [-0.4, -0.2) is 22.5 Å². The quantitative estimate of drug-likeness (QED) is 0.518. The van der Waals surface area contributed by atoms with Crippen molar-refractivity contribution in [1.29, 1.82) is 0 Å². The smallest absolute Gasteiger partial charge is 0.319 e. The number of aromatic nitrogens is 2. The predicted octanol–water partition coefficient (Wildman–Crippen LogP) is 5.96. The molecule has 0 saturated heterocycles. The Kier molecular flexibility index (Phi) is 6.03. The number of amides is 2. The third-order valence-corrected chi connectivity index (χ3v) is 4.75. The second-order valence-corrected chi connectivity index (χ2v) is 8.59. The van der Waals surface area contributed by atoms with Gasteiger partial charge in [-0.3, -0.25) is 4.98 Å². The molecular weight excluding hydrogens is 391 g/mol. The number of carbonyl (C=O) groups excluding carboxylic acids is 1. The Bertz CT molecular complexity index is 1060. The highest BCUT2D eigenvalue weighted by Crippen LogP contribution is 2.30. The second-order valence-electron chi connectivity index (χ2n) is 8.21. The molecule has 2 aromatic heterocycles. The van der Waals surface area contributed by atoms with Crippen molar-refractivity contribution < 1.29 is 9.18 Å². The molecule has 7 heteroatoms. The number of hydrogen-bond donors (Lipinski definition) is 2. The lowest BCUT2D eigenvalue weighted by Gasteiger charge is -2.18. The molecule has 5 nitrogen and oxygen atoms in total. The molecule has 29 heavy (non-hydrogen) atoms. The van der Waals surface area contributed by atoms with Crippen molar-refractivity contribution in [3.63, 3.8) is 0 Å². The number of pyridine rings is 2. The van der Waals surface area contributed by atoms with Crippen LogP contribution in [0.25, 0.3) is 22.0 Å². The minimum atomic E-state index is -0.500. The first-order chi connectivity index (χ1) is 13.6. The van der Waals surface area contributed by atoms with Crippen molar-refractivity contribution in [3.8, 4) is 11.1 Å². The van der Waals surface area contributed by atoms with Crippen molar-refractivity contribution in [2.24, 2.45) is 5.41 Å². The van der Waals surface area contributed by atoms with Gasteiger partial charge >= 0.3 is 6.03 Å². The van der Waals surface area contributed by atoms with Crippen LogP contribution in [0.1, 0.15) is 32.9 Å². The molecule has 0 atom stereocenters. The number of benzene rings is 1. The van der Waals surface area contributed by atoms with Gasteiger partial charge in [-0.1, -0.05) is 38.4 Å². The number of hydrogen-bond acceptors (Lipinski definition) is 3. The van der Waals surface area contributed by atoms with E-state index in [4.69, 9.17) is 11.6 Å². The average molecular weight is 415 g/mol. The van der Waals surface area contributed by atoms with Gasteiger partial charge in [0, 0.05) is 35.5 Å². The molecule has 0 spiro atoms. The van der Waals surface area contributed by atoms with Gasteiger partial charge in [0.25, 0.3) is 0 Å². The van der Waals surface area contributed by atoms with Crippen LogP contribution in [0.4, 0.5) is 14.9 Å². The first-order valence-corrected chi connectivity index (χ1v) is 9.78. The minimum absolute atomic E-state index is 0.109. The number of urea groups is 1. The van der Waals surface area contributed by atoms with Crippen LogP contribution in [0.2, 0.25) is 5.15 Å². The first kappa shape index (κ1) is 21.0. The molecule has 3 aromatic rings. The summed E-state index contributed by atoms with van der Waals surface area (Å²) in [6, 6.07) is 7.81. The van der Waals surface area contributed by atoms with Crippen LogP contribution in [0.5, 0.6) is 0 Å². The number of fused-ring (bicyclic) bond motifs is 1. The Labute approximate surface area is 174 Å². The first-order valence-electron chi connectivity index (χ1n) is 9.40. The second kappa shape index (κ2) is 8.33. The van der Waals surface area contributed by atoms with Gasteiger partial charge in [0.15, 0.2) is 0 Å². The summed E-state index contributed by atoms with van der Waals surface area (Å²) in [5, 5.41) is 6.57. The Balaban J connectivity index is 1.83. The monoisotopic (exact) mass is 414 g/mol. The molecule has 0 bridgehead atoms. The van der Waals surface area contributed by atoms with E-state index in [1.54, 1.807) is 24.4 Å². The van der Waals surface area contributed by atoms with Crippen LogP contribution in [0.15, 0.2) is 36.5 Å². The van der Waals surface area contributed by atoms with Crippen LogP contribution in [0.3, 0.4) is 0 Å². The minimum Gasteiger partial charge on any atom is -0.338 e. The number of halogens is 2. The summed E-state index contributed by atoms with van der Waals surface area (Å²) in [7, 11) is 0. The van der Waals surface area contributed by atoms with E-state index in [0.717, 1.165) is 34.1 Å². The van der Waals surface area contributed by atoms with Crippen LogP contribution < -0.4 is 10.6 Å². The largest absolute Gasteiger partial charge is 0.338 e. The molecule has 0 unspecified atom stereocenters. The lowest BCUT2D eigenvalue weighted by Crippen LogP contribution is -2.31. The van der Waals surface area contributed by atoms with Crippen molar-refractivity contribution in [3.05, 3.63) is 53.2 Å². The topological polar surface area (TPSA) is 66.9 Å². The van der Waals surface area contributed by atoms with E-state index in [1.807, 2.05) is 13.0 Å². The maximum atomic E-state index is 14.3. The summed E-state index contributed by atoms with van der Waals surface area (Å²) in [6.45, 7) is 8.68. The fourth-order valence-electron chi connectivity index (χ4n) is 2.94. The zero-order valence-corrected chi connectivity index (χ0v) is 17.7. The summed E-state index contributed by atoms with van der Waals surface area (Å²) in [6.07, 6.45) is 2.47. The predicted molar refractivity (Wildman–Crippen MR) is 116 cm³/mol. The number of carbonyl (C=O) groups is 1. The van der Waals surface area contributed by atoms with E-state index in [0.29, 0.717) is 11.7 Å². The molecule has 0 fully saturated rings. The zero-order chi connectivity index (χ0) is 21.2. The molecule has 2 heterocycles. The number of aryl methyl sites for hydroxylation is 1. The Morgan fingerprint density at radius 2 is 1.97 bits per heavy atom. The maximum absolute atomic E-state index is 14.3. The SMILES string of the molecule is Cc1nc2cc(Cl)ncc2cc1-c1ccc(F)c(NC(=O)NCCC(C)(C)C)c1. The van der Waals surface area contributed by atoms with Crippen molar-refractivity contribution in [2.45, 2.75) is 34.1 Å². The zero-order valence-electron chi connectivity index (χ0n) is 16.9. The average Bonchev–Trinajstić information content (AvgIpc) is 2.62. The number of nitrogens with zero attached hydrogens (tertiary/aromatic N) is 2. The molecule has 3 rings (SSSR count). The molecule has 1 aromatic carbocycles. The fraction of sp³-hybridized carbons (Fsp3) is 0.318. The lowest BCUT2D eigenvalue weighted by molar-refractivity contribution is 0.250. The molecule has 152 valence electrons. The van der Waals surface area contributed by atoms with Crippen molar-refractivity contribution in [1.82, 2.24) is 15.3 Å². The van der Waals surface area contributed by atoms with Gasteiger partial charge < -0.3 is 10.6 Å². The van der Waals surface area contributed by atoms with E-state index in [9.17, 15) is 9.18 Å². The molecular formula is C22H24ClFN4O. The lowest BCUT2D eigenvalue weighted by atomic mass is 9.92. The molecule has 0 aliphatic carbocycles. The van der Waals surface area contributed by atoms with Crippen molar-refractivity contribution >= 4 is 34.2 Å². The molecule has 0 aliphatic rings. The summed E-state index contributed by atoms with van der Waals surface area (Å²) >= 11 is 5.94. The van der Waals surface area contributed by atoms with Gasteiger partial charge in [-0.25, -0.2) is 14.2 Å². The number of anilines is 1. The summed E-state index contributed by atoms with van der Waals surface area (Å²) in [5.74, 6) is -0.500. The van der Waals surface area contributed by atoms with E-state index < -0.39 is 11.8 Å². The van der Waals surface area contributed by atoms with Crippen LogP contribution >= 0.6 is 11.6 Å². The van der Waals surface area contributed by atoms with E-state index in [1.165, 1.54) is 6.07 Å². The van der Waals surface area contributed by atoms with Crippen molar-refractivity contribution in [2.75, 3.05) is 11.9 Å². The molecule has 2 amide bonds. The molecule has 0 radical (unpaired) electrons. The Morgan fingerprint density at radius 1 is 1.21 bits per heavy atom. The van der Waals surface area contributed by atoms with E-state index in [2.05, 4.69) is 41.4 Å². The Hall–Kier alpha value is -2.73. The van der Waals surface area contributed by atoms with Gasteiger partial charge in [0.1, 0.15) is 11.0 Å². The summed E-state index contributed by atoms with van der Waals surface area (Å²) in [5.41, 5.74) is 3.32. The third-order valence-electron chi connectivity index (χ3n) is 4.54. The highest BCUT2D eigenvalue weighted by Gasteiger charge is 2.13. The van der Waals surface area contributed by atoms with Crippen LogP contribution in [-0.2, 0) is 0 Å². The number of nitrogens with one attached hydrogen (secondary N) is 2. The highest BCUT2D eigenvalue weighted by molar-refractivity contribution is 6.30. The molecule has 2 N–H and O–H groups in total. The van der Waals surface area contributed by atoms with E-state index in [-0.39, 0.29) is 11.1 Å². The third kappa shape index (κ3) is 5.41. The normalized spacial score (nSPS) is 11.5. The fourth-order valence-corrected chi connectivity index (χ4v) is 3.09. The number of rotatable bonds is 4. The molecule has 0 aliphatic heterocycles. The van der Waals surface area contributed by atoms with Gasteiger partial charge in [0.2, 0.25) is 0 Å². The van der Waals surface area contributed by atoms with Gasteiger partial charge in [-0.05, 0) is 42.5 Å². The van der Waals surface area contributed by atoms with E-state index >= 15 is 0 Å². The summed E-state index contributed by atoms with van der Waals surface area (Å²) < 4.78 is 14.3. The molecule has 0 saturated carbocycles. The highest BCUT2D eigenvalue weighted by atomic mass is 35.5. The maximum Gasteiger partial charge on any atom is 0.319 e. The van der Waals surface area contributed by atoms with Gasteiger partial charge in [0.05, 0.1) is 11.2 Å². The van der Waals surface area contributed by atoms with Gasteiger partial charge in [-0.15, -0.1) is 0 Å². The Morgan fingerprint density at radius 3 is 2.69 bits per heavy atom. The summed E-state index contributed by atoms with van der Waals surface area (Å²) in [4.78, 5) is 20.8. The van der Waals surface area contributed by atoms with Gasteiger partial charge in [-0.2, -0.15) is 0 Å².